The quantitative estimate of drug-likeness (QED) is 0.431. The molecule has 2 aromatic heterocycles. The van der Waals surface area contributed by atoms with Crippen molar-refractivity contribution in [2.45, 2.75) is 44.8 Å². The van der Waals surface area contributed by atoms with Crippen molar-refractivity contribution in [3.8, 4) is 0 Å². The van der Waals surface area contributed by atoms with E-state index in [0.29, 0.717) is 16.2 Å². The number of fused-ring (bicyclic) bond motifs is 2. The topological polar surface area (TPSA) is 98.1 Å². The fourth-order valence-corrected chi connectivity index (χ4v) is 4.64. The molecule has 0 atom stereocenters. The number of nitrogens with zero attached hydrogens (tertiary/aromatic N) is 3. The van der Waals surface area contributed by atoms with E-state index in [1.807, 2.05) is 0 Å². The zero-order valence-corrected chi connectivity index (χ0v) is 18.4. The number of ether oxygens (including phenoxy) is 1. The summed E-state index contributed by atoms with van der Waals surface area (Å²) in [7, 11) is 0. The highest BCUT2D eigenvalue weighted by atomic mass is 35.5. The Hall–Kier alpha value is -3.52. The molecule has 0 bridgehead atoms. The van der Waals surface area contributed by atoms with Gasteiger partial charge in [0.25, 0.3) is 17.4 Å². The van der Waals surface area contributed by atoms with Gasteiger partial charge in [-0.3, -0.25) is 23.7 Å². The van der Waals surface area contributed by atoms with Crippen molar-refractivity contribution in [1.29, 1.82) is 0 Å². The van der Waals surface area contributed by atoms with Gasteiger partial charge in [0.15, 0.2) is 0 Å². The second-order valence-electron chi connectivity index (χ2n) is 8.27. The van der Waals surface area contributed by atoms with Crippen molar-refractivity contribution < 1.29 is 19.1 Å². The number of rotatable bonds is 4. The van der Waals surface area contributed by atoms with Crippen molar-refractivity contribution in [1.82, 2.24) is 14.3 Å². The van der Waals surface area contributed by atoms with Crippen LogP contribution in [-0.4, -0.2) is 38.1 Å². The normalized spacial score (nSPS) is 16.3. The van der Waals surface area contributed by atoms with E-state index < -0.39 is 5.97 Å². The Labute approximate surface area is 193 Å². The first kappa shape index (κ1) is 21.3. The summed E-state index contributed by atoms with van der Waals surface area (Å²) >= 11 is 5.91. The van der Waals surface area contributed by atoms with Crippen LogP contribution in [0.15, 0.2) is 47.4 Å². The molecule has 168 valence electrons. The second-order valence-corrected chi connectivity index (χ2v) is 8.71. The Bertz CT molecular complexity index is 1360. The van der Waals surface area contributed by atoms with Gasteiger partial charge in [-0.2, -0.15) is 0 Å². The van der Waals surface area contributed by atoms with Gasteiger partial charge in [0, 0.05) is 18.3 Å². The molecular formula is C24H20ClN3O5. The van der Waals surface area contributed by atoms with E-state index in [2.05, 4.69) is 4.98 Å². The molecule has 2 aliphatic rings. The number of carbonyl (C=O) groups is 3. The number of aromatic nitrogens is 2. The molecule has 0 N–H and O–H groups in total. The number of hydrogen-bond donors (Lipinski definition) is 0. The number of pyridine rings is 1. The molecular weight excluding hydrogens is 446 g/mol. The van der Waals surface area contributed by atoms with Crippen LogP contribution in [0.5, 0.6) is 0 Å². The van der Waals surface area contributed by atoms with Crippen LogP contribution in [0.2, 0.25) is 5.02 Å². The molecule has 8 nitrogen and oxygen atoms in total. The smallest absolute Gasteiger partial charge is 0.338 e. The van der Waals surface area contributed by atoms with E-state index in [4.69, 9.17) is 16.3 Å². The molecule has 33 heavy (non-hydrogen) atoms. The molecule has 0 unspecified atom stereocenters. The zero-order valence-electron chi connectivity index (χ0n) is 17.6. The van der Waals surface area contributed by atoms with Crippen molar-refractivity contribution in [2.75, 3.05) is 0 Å². The first-order chi connectivity index (χ1) is 15.9. The van der Waals surface area contributed by atoms with Gasteiger partial charge in [-0.05, 0) is 43.2 Å². The summed E-state index contributed by atoms with van der Waals surface area (Å²) in [6.07, 6.45) is 6.18. The molecule has 0 saturated heterocycles. The van der Waals surface area contributed by atoms with E-state index >= 15 is 0 Å². The predicted molar refractivity (Wildman–Crippen MR) is 119 cm³/mol. The Morgan fingerprint density at radius 3 is 2.55 bits per heavy atom. The van der Waals surface area contributed by atoms with E-state index in [0.717, 1.165) is 32.1 Å². The fraction of sp³-hybridized carbons (Fsp3) is 0.292. The molecule has 1 aliphatic heterocycles. The predicted octanol–water partition coefficient (Wildman–Crippen LogP) is 3.63. The maximum atomic E-state index is 12.9. The molecule has 1 aliphatic carbocycles. The highest BCUT2D eigenvalue weighted by Gasteiger charge is 2.40. The van der Waals surface area contributed by atoms with Crippen LogP contribution >= 0.6 is 11.6 Å². The van der Waals surface area contributed by atoms with Gasteiger partial charge in [0.2, 0.25) is 0 Å². The molecule has 1 fully saturated rings. The lowest BCUT2D eigenvalue weighted by atomic mass is 9.94. The average molecular weight is 466 g/mol. The standard InChI is InChI=1S/C24H20ClN3O5/c25-15-7-9-20-26-16(11-21(29)27(20)12-15)13-33-24(32)14-6-8-18-19(10-14)23(31)28(22(18)30)17-4-2-1-3-5-17/h6-12,17H,1-5,13H2. The van der Waals surface area contributed by atoms with Crippen molar-refractivity contribution in [3.05, 3.63) is 80.4 Å². The third-order valence-electron chi connectivity index (χ3n) is 6.12. The molecule has 9 heteroatoms. The summed E-state index contributed by atoms with van der Waals surface area (Å²) in [5.74, 6) is -1.34. The number of carbonyl (C=O) groups excluding carboxylic acids is 3. The first-order valence-corrected chi connectivity index (χ1v) is 11.2. The van der Waals surface area contributed by atoms with Crippen LogP contribution in [0.1, 0.15) is 68.9 Å². The van der Waals surface area contributed by atoms with Crippen LogP contribution < -0.4 is 5.56 Å². The lowest BCUT2D eigenvalue weighted by Gasteiger charge is -2.29. The van der Waals surface area contributed by atoms with E-state index in [1.165, 1.54) is 39.8 Å². The first-order valence-electron chi connectivity index (χ1n) is 10.8. The van der Waals surface area contributed by atoms with Gasteiger partial charge in [-0.25, -0.2) is 9.78 Å². The van der Waals surface area contributed by atoms with Crippen molar-refractivity contribution in [3.63, 3.8) is 0 Å². The van der Waals surface area contributed by atoms with Crippen LogP contribution in [0.4, 0.5) is 0 Å². The van der Waals surface area contributed by atoms with Crippen LogP contribution in [0.3, 0.4) is 0 Å². The largest absolute Gasteiger partial charge is 0.456 e. The van der Waals surface area contributed by atoms with Gasteiger partial charge in [-0.1, -0.05) is 30.9 Å². The Morgan fingerprint density at radius 2 is 1.76 bits per heavy atom. The summed E-state index contributed by atoms with van der Waals surface area (Å²) in [6, 6.07) is 8.76. The van der Waals surface area contributed by atoms with E-state index in [1.54, 1.807) is 12.1 Å². The van der Waals surface area contributed by atoms with Gasteiger partial charge in [0.05, 0.1) is 27.4 Å². The minimum Gasteiger partial charge on any atom is -0.456 e. The zero-order chi connectivity index (χ0) is 23.1. The molecule has 0 spiro atoms. The minimum atomic E-state index is -0.674. The molecule has 3 heterocycles. The van der Waals surface area contributed by atoms with Crippen molar-refractivity contribution in [2.24, 2.45) is 0 Å². The summed E-state index contributed by atoms with van der Waals surface area (Å²) < 4.78 is 6.62. The van der Waals surface area contributed by atoms with E-state index in [-0.39, 0.29) is 46.8 Å². The van der Waals surface area contributed by atoms with Gasteiger partial charge < -0.3 is 4.74 Å². The number of esters is 1. The number of amides is 2. The summed E-state index contributed by atoms with van der Waals surface area (Å²) in [4.78, 5) is 56.3. The number of hydrogen-bond acceptors (Lipinski definition) is 6. The summed E-state index contributed by atoms with van der Waals surface area (Å²) in [5.41, 5.74) is 1.00. The number of imide groups is 1. The van der Waals surface area contributed by atoms with Gasteiger partial charge in [0.1, 0.15) is 12.3 Å². The van der Waals surface area contributed by atoms with Crippen LogP contribution in [0.25, 0.3) is 5.65 Å². The SMILES string of the molecule is O=C(OCc1cc(=O)n2cc(Cl)ccc2n1)c1ccc2c(c1)C(=O)N(C1CCCCC1)C2=O. The minimum absolute atomic E-state index is 0.0884. The highest BCUT2D eigenvalue weighted by Crippen LogP contribution is 2.31. The van der Waals surface area contributed by atoms with Crippen LogP contribution in [0, 0.1) is 0 Å². The van der Waals surface area contributed by atoms with Crippen LogP contribution in [-0.2, 0) is 11.3 Å². The Balaban J connectivity index is 1.33. The molecule has 5 rings (SSSR count). The third kappa shape index (κ3) is 3.91. The number of halogens is 1. The van der Waals surface area contributed by atoms with Gasteiger partial charge >= 0.3 is 5.97 Å². The second kappa shape index (κ2) is 8.44. The maximum absolute atomic E-state index is 12.9. The summed E-state index contributed by atoms with van der Waals surface area (Å²) in [5, 5.41) is 0.400. The number of benzene rings is 1. The Kier molecular flexibility index (Phi) is 5.46. The molecule has 1 saturated carbocycles. The lowest BCUT2D eigenvalue weighted by molar-refractivity contribution is 0.0467. The van der Waals surface area contributed by atoms with E-state index in [9.17, 15) is 19.2 Å². The molecule has 1 aromatic carbocycles. The summed E-state index contributed by atoms with van der Waals surface area (Å²) in [6.45, 7) is -0.217. The van der Waals surface area contributed by atoms with Crippen molar-refractivity contribution >= 4 is 35.0 Å². The average Bonchev–Trinajstić information content (AvgIpc) is 3.08. The fourth-order valence-electron chi connectivity index (χ4n) is 4.48. The molecule has 3 aromatic rings. The molecule has 0 radical (unpaired) electrons. The lowest BCUT2D eigenvalue weighted by Crippen LogP contribution is -2.40. The monoisotopic (exact) mass is 465 g/mol. The highest BCUT2D eigenvalue weighted by molar-refractivity contribution is 6.30. The van der Waals surface area contributed by atoms with Gasteiger partial charge in [-0.15, -0.1) is 0 Å². The Morgan fingerprint density at radius 1 is 1.00 bits per heavy atom. The third-order valence-corrected chi connectivity index (χ3v) is 6.34. The molecule has 2 amide bonds. The maximum Gasteiger partial charge on any atom is 0.338 e.